The number of hydrogen-bond donors (Lipinski definition) is 2. The van der Waals surface area contributed by atoms with Crippen molar-refractivity contribution in [2.24, 2.45) is 0 Å². The minimum atomic E-state index is -0.472. The number of ether oxygens (including phenoxy) is 2. The molecule has 1 fully saturated rings. The van der Waals surface area contributed by atoms with Gasteiger partial charge in [-0.15, -0.1) is 0 Å². The van der Waals surface area contributed by atoms with Crippen LogP contribution in [-0.2, 0) is 22.6 Å². The minimum Gasteiger partial charge on any atom is -0.444 e. The molecule has 1 aromatic rings. The lowest BCUT2D eigenvalue weighted by Gasteiger charge is -2.29. The van der Waals surface area contributed by atoms with Crippen LogP contribution in [0.25, 0.3) is 0 Å². The van der Waals surface area contributed by atoms with Crippen molar-refractivity contribution < 1.29 is 14.3 Å². The van der Waals surface area contributed by atoms with Crippen molar-refractivity contribution in [3.8, 4) is 0 Å². The third-order valence-electron chi connectivity index (χ3n) is 4.41. The SMILES string of the molecule is COC1CCCC(NCc2ccc(CNC(=O)OC(C)(C)C)cc2)C1. The summed E-state index contributed by atoms with van der Waals surface area (Å²) in [6, 6.07) is 8.85. The largest absolute Gasteiger partial charge is 0.444 e. The van der Waals surface area contributed by atoms with Crippen LogP contribution in [0.3, 0.4) is 0 Å². The number of rotatable bonds is 6. The van der Waals surface area contributed by atoms with E-state index >= 15 is 0 Å². The summed E-state index contributed by atoms with van der Waals surface area (Å²) in [5.74, 6) is 0. The summed E-state index contributed by atoms with van der Waals surface area (Å²) in [4.78, 5) is 11.7. The molecule has 0 saturated heterocycles. The average Bonchev–Trinajstić information content (AvgIpc) is 2.58. The summed E-state index contributed by atoms with van der Waals surface area (Å²) in [5, 5.41) is 6.41. The quantitative estimate of drug-likeness (QED) is 0.822. The zero-order valence-electron chi connectivity index (χ0n) is 15.9. The Morgan fingerprint density at radius 2 is 1.76 bits per heavy atom. The van der Waals surface area contributed by atoms with E-state index in [0.717, 1.165) is 18.5 Å². The highest BCUT2D eigenvalue weighted by molar-refractivity contribution is 5.67. The van der Waals surface area contributed by atoms with Crippen LogP contribution in [0.15, 0.2) is 24.3 Å². The van der Waals surface area contributed by atoms with E-state index in [0.29, 0.717) is 18.7 Å². The number of benzene rings is 1. The molecule has 5 heteroatoms. The summed E-state index contributed by atoms with van der Waals surface area (Å²) in [6.45, 7) is 6.90. The Morgan fingerprint density at radius 3 is 2.36 bits per heavy atom. The summed E-state index contributed by atoms with van der Waals surface area (Å²) in [6.07, 6.45) is 4.72. The topological polar surface area (TPSA) is 59.6 Å². The molecule has 0 spiro atoms. The van der Waals surface area contributed by atoms with Gasteiger partial charge in [0.05, 0.1) is 6.10 Å². The van der Waals surface area contributed by atoms with Crippen LogP contribution in [0.4, 0.5) is 4.79 Å². The van der Waals surface area contributed by atoms with Crippen LogP contribution >= 0.6 is 0 Å². The minimum absolute atomic E-state index is 0.386. The zero-order chi connectivity index (χ0) is 18.3. The monoisotopic (exact) mass is 348 g/mol. The number of carbonyl (C=O) groups is 1. The molecule has 1 amide bonds. The van der Waals surface area contributed by atoms with Crippen LogP contribution in [-0.4, -0.2) is 30.9 Å². The Kier molecular flexibility index (Phi) is 7.26. The van der Waals surface area contributed by atoms with Crippen LogP contribution in [0.2, 0.25) is 0 Å². The van der Waals surface area contributed by atoms with Gasteiger partial charge in [-0.1, -0.05) is 24.3 Å². The fourth-order valence-electron chi connectivity index (χ4n) is 3.07. The highest BCUT2D eigenvalue weighted by Gasteiger charge is 2.21. The van der Waals surface area contributed by atoms with E-state index in [1.807, 2.05) is 32.9 Å². The van der Waals surface area contributed by atoms with Gasteiger partial charge in [-0.05, 0) is 57.6 Å². The van der Waals surface area contributed by atoms with Gasteiger partial charge < -0.3 is 20.1 Å². The van der Waals surface area contributed by atoms with Crippen LogP contribution < -0.4 is 10.6 Å². The number of amides is 1. The van der Waals surface area contributed by atoms with Crippen LogP contribution in [0.5, 0.6) is 0 Å². The number of nitrogens with one attached hydrogen (secondary N) is 2. The molecule has 0 aromatic heterocycles. The molecule has 1 saturated carbocycles. The molecule has 25 heavy (non-hydrogen) atoms. The maximum absolute atomic E-state index is 11.7. The van der Waals surface area contributed by atoms with Gasteiger partial charge in [-0.2, -0.15) is 0 Å². The Bertz CT molecular complexity index is 537. The fraction of sp³-hybridized carbons (Fsp3) is 0.650. The van der Waals surface area contributed by atoms with Gasteiger partial charge in [-0.25, -0.2) is 4.79 Å². The summed E-state index contributed by atoms with van der Waals surface area (Å²) >= 11 is 0. The first-order valence-electron chi connectivity index (χ1n) is 9.16. The number of carbonyl (C=O) groups excluding carboxylic acids is 1. The molecule has 2 unspecified atom stereocenters. The van der Waals surface area contributed by atoms with Crippen molar-refractivity contribution in [1.82, 2.24) is 10.6 Å². The van der Waals surface area contributed by atoms with Gasteiger partial charge in [-0.3, -0.25) is 0 Å². The van der Waals surface area contributed by atoms with Crippen LogP contribution in [0, 0.1) is 0 Å². The van der Waals surface area contributed by atoms with Crippen molar-refractivity contribution in [2.45, 2.75) is 77.3 Å². The third-order valence-corrected chi connectivity index (χ3v) is 4.41. The first kappa shape index (κ1) is 19.7. The normalized spacial score (nSPS) is 21.0. The van der Waals surface area contributed by atoms with E-state index < -0.39 is 5.60 Å². The van der Waals surface area contributed by atoms with E-state index in [4.69, 9.17) is 9.47 Å². The molecule has 0 bridgehead atoms. The first-order chi connectivity index (χ1) is 11.9. The van der Waals surface area contributed by atoms with Gasteiger partial charge in [0.25, 0.3) is 0 Å². The number of hydrogen-bond acceptors (Lipinski definition) is 4. The molecule has 5 nitrogen and oxygen atoms in total. The highest BCUT2D eigenvalue weighted by atomic mass is 16.6. The lowest BCUT2D eigenvalue weighted by atomic mass is 9.92. The van der Waals surface area contributed by atoms with Crippen LogP contribution in [0.1, 0.15) is 57.6 Å². The predicted molar refractivity (Wildman–Crippen MR) is 99.4 cm³/mol. The molecule has 1 aliphatic rings. The van der Waals surface area contributed by atoms with Gasteiger partial charge >= 0.3 is 6.09 Å². The Labute approximate surface area is 151 Å². The lowest BCUT2D eigenvalue weighted by Crippen LogP contribution is -2.36. The molecule has 1 aliphatic carbocycles. The Balaban J connectivity index is 1.73. The Morgan fingerprint density at radius 1 is 1.12 bits per heavy atom. The second-order valence-corrected chi connectivity index (χ2v) is 7.77. The maximum atomic E-state index is 11.7. The smallest absolute Gasteiger partial charge is 0.407 e. The highest BCUT2D eigenvalue weighted by Crippen LogP contribution is 2.21. The van der Waals surface area contributed by atoms with E-state index in [9.17, 15) is 4.79 Å². The van der Waals surface area contributed by atoms with Crippen molar-refractivity contribution in [3.63, 3.8) is 0 Å². The summed E-state index contributed by atoms with van der Waals surface area (Å²) < 4.78 is 10.7. The van der Waals surface area contributed by atoms with E-state index in [1.54, 1.807) is 7.11 Å². The molecule has 2 rings (SSSR count). The van der Waals surface area contributed by atoms with Gasteiger partial charge in [0, 0.05) is 26.2 Å². The number of alkyl carbamates (subject to hydrolysis) is 1. The first-order valence-corrected chi connectivity index (χ1v) is 9.16. The molecule has 1 aromatic carbocycles. The van der Waals surface area contributed by atoms with Gasteiger partial charge in [0.1, 0.15) is 5.60 Å². The molecule has 2 N–H and O–H groups in total. The molecule has 2 atom stereocenters. The van der Waals surface area contributed by atoms with Crippen molar-refractivity contribution in [3.05, 3.63) is 35.4 Å². The predicted octanol–water partition coefficient (Wildman–Crippen LogP) is 3.76. The summed E-state index contributed by atoms with van der Waals surface area (Å²) in [5.41, 5.74) is 1.84. The Hall–Kier alpha value is -1.59. The second-order valence-electron chi connectivity index (χ2n) is 7.77. The van der Waals surface area contributed by atoms with Crippen molar-refractivity contribution in [1.29, 1.82) is 0 Å². The second kappa shape index (κ2) is 9.20. The van der Waals surface area contributed by atoms with Gasteiger partial charge in [0.2, 0.25) is 0 Å². The molecule has 140 valence electrons. The van der Waals surface area contributed by atoms with Crippen molar-refractivity contribution >= 4 is 6.09 Å². The lowest BCUT2D eigenvalue weighted by molar-refractivity contribution is 0.0523. The van der Waals surface area contributed by atoms with E-state index in [-0.39, 0.29) is 6.09 Å². The molecule has 0 aliphatic heterocycles. The molecular weight excluding hydrogens is 316 g/mol. The third kappa shape index (κ3) is 7.45. The van der Waals surface area contributed by atoms with E-state index in [2.05, 4.69) is 22.8 Å². The van der Waals surface area contributed by atoms with E-state index in [1.165, 1.54) is 24.8 Å². The maximum Gasteiger partial charge on any atom is 0.407 e. The fourth-order valence-corrected chi connectivity index (χ4v) is 3.07. The molecular formula is C20H32N2O3. The molecule has 0 radical (unpaired) electrons. The average molecular weight is 348 g/mol. The van der Waals surface area contributed by atoms with Gasteiger partial charge in [0.15, 0.2) is 0 Å². The van der Waals surface area contributed by atoms with Crippen molar-refractivity contribution in [2.75, 3.05) is 7.11 Å². The standard InChI is InChI=1S/C20H32N2O3/c1-20(2,3)25-19(23)22-14-16-10-8-15(9-11-16)13-21-17-6-5-7-18(12-17)24-4/h8-11,17-18,21H,5-7,12-14H2,1-4H3,(H,22,23). The molecule has 0 heterocycles. The number of methoxy groups -OCH3 is 1. The zero-order valence-corrected chi connectivity index (χ0v) is 15.9. The summed E-state index contributed by atoms with van der Waals surface area (Å²) in [7, 11) is 1.80.